The van der Waals surface area contributed by atoms with Gasteiger partial charge in [0.1, 0.15) is 0 Å². The number of halogens is 1. The molecule has 2 aliphatic carbocycles. The molecule has 0 spiro atoms. The molecule has 1 saturated carbocycles. The van der Waals surface area contributed by atoms with E-state index in [9.17, 15) is 0 Å². The molecule has 0 unspecified atom stereocenters. The van der Waals surface area contributed by atoms with E-state index < -0.39 is 8.32 Å². The highest BCUT2D eigenvalue weighted by molar-refractivity contribution is 6.74. The second kappa shape index (κ2) is 3.77. The lowest BCUT2D eigenvalue weighted by Gasteiger charge is -2.38. The molecule has 2 rings (SSSR count). The Morgan fingerprint density at radius 1 is 1.31 bits per heavy atom. The van der Waals surface area contributed by atoms with Crippen molar-refractivity contribution in [3.05, 3.63) is 11.8 Å². The average molecular weight is 259 g/mol. The fourth-order valence-electron chi connectivity index (χ4n) is 2.37. The van der Waals surface area contributed by atoms with E-state index in [2.05, 4.69) is 39.9 Å². The van der Waals surface area contributed by atoms with Gasteiger partial charge in [-0.1, -0.05) is 20.8 Å². The van der Waals surface area contributed by atoms with Crippen LogP contribution in [0.3, 0.4) is 0 Å². The van der Waals surface area contributed by atoms with Crippen molar-refractivity contribution < 1.29 is 4.43 Å². The lowest BCUT2D eigenvalue weighted by molar-refractivity contribution is 0.329. The van der Waals surface area contributed by atoms with E-state index >= 15 is 0 Å². The smallest absolute Gasteiger partial charge is 0.250 e. The van der Waals surface area contributed by atoms with Crippen LogP contribution in [0.2, 0.25) is 18.1 Å². The zero-order chi connectivity index (χ0) is 12.1. The molecule has 92 valence electrons. The van der Waals surface area contributed by atoms with Crippen LogP contribution in [-0.2, 0) is 4.43 Å². The molecule has 0 N–H and O–H groups in total. The van der Waals surface area contributed by atoms with Gasteiger partial charge in [0.2, 0.25) is 8.32 Å². The van der Waals surface area contributed by atoms with Crippen LogP contribution >= 0.6 is 11.6 Å². The largest absolute Gasteiger partial charge is 0.546 e. The summed E-state index contributed by atoms with van der Waals surface area (Å²) in [7, 11) is -1.66. The summed E-state index contributed by atoms with van der Waals surface area (Å²) >= 11 is 6.34. The molecule has 0 aromatic heterocycles. The Bertz CT molecular complexity index is 316. The summed E-state index contributed by atoms with van der Waals surface area (Å²) in [5, 5.41) is 0.590. The van der Waals surface area contributed by atoms with E-state index in [1.807, 2.05) is 0 Å². The first kappa shape index (κ1) is 12.5. The first-order valence-electron chi connectivity index (χ1n) is 6.25. The summed E-state index contributed by atoms with van der Waals surface area (Å²) in [5.74, 6) is 2.40. The van der Waals surface area contributed by atoms with Gasteiger partial charge in [0.25, 0.3) is 0 Å². The van der Waals surface area contributed by atoms with Crippen molar-refractivity contribution in [3.8, 4) is 0 Å². The first-order valence-corrected chi connectivity index (χ1v) is 9.60. The fraction of sp³-hybridized carbons (Fsp3) is 0.846. The van der Waals surface area contributed by atoms with Crippen LogP contribution < -0.4 is 0 Å². The molecular weight excluding hydrogens is 236 g/mol. The van der Waals surface area contributed by atoms with Crippen molar-refractivity contribution in [2.75, 3.05) is 0 Å². The van der Waals surface area contributed by atoms with E-state index in [0.29, 0.717) is 17.2 Å². The number of allylic oxidation sites excluding steroid dienone is 2. The standard InChI is InChI=1S/C13H23ClOSi/c1-13(2,3)16(4,5)15-12-8-9-6-10(12)11(14)7-9/h8-11H,6-7H2,1-5H3/t9-,10+,11+/m0/s1. The Morgan fingerprint density at radius 2 is 1.94 bits per heavy atom. The monoisotopic (exact) mass is 258 g/mol. The molecule has 3 atom stereocenters. The lowest BCUT2D eigenvalue weighted by atomic mass is 10.1. The van der Waals surface area contributed by atoms with Gasteiger partial charge >= 0.3 is 0 Å². The molecule has 0 aliphatic heterocycles. The molecule has 0 saturated heterocycles. The van der Waals surface area contributed by atoms with Crippen LogP contribution in [0.1, 0.15) is 33.6 Å². The van der Waals surface area contributed by atoms with Gasteiger partial charge in [0.15, 0.2) is 0 Å². The second-order valence-electron chi connectivity index (χ2n) is 6.79. The fourth-order valence-corrected chi connectivity index (χ4v) is 3.94. The highest BCUT2D eigenvalue weighted by Crippen LogP contribution is 2.49. The SMILES string of the molecule is CC(C)(C)[Si](C)(C)OC1=C[C@@H]2C[C@@H](Cl)[C@H]1C2. The maximum absolute atomic E-state index is 6.38. The lowest BCUT2D eigenvalue weighted by Crippen LogP contribution is -2.41. The van der Waals surface area contributed by atoms with Crippen molar-refractivity contribution in [2.24, 2.45) is 11.8 Å². The van der Waals surface area contributed by atoms with Gasteiger partial charge in [0, 0.05) is 11.3 Å². The Balaban J connectivity index is 2.10. The summed E-state index contributed by atoms with van der Waals surface area (Å²) in [6.07, 6.45) is 4.71. The normalized spacial score (nSPS) is 34.1. The first-order chi connectivity index (χ1) is 7.21. The Hall–Kier alpha value is 0.0469. The minimum atomic E-state index is -1.66. The van der Waals surface area contributed by atoms with Crippen LogP contribution in [0.4, 0.5) is 0 Å². The Labute approximate surface area is 105 Å². The number of alkyl halides is 1. The zero-order valence-corrected chi connectivity index (χ0v) is 12.8. The van der Waals surface area contributed by atoms with E-state index in [-0.39, 0.29) is 5.04 Å². The molecular formula is C13H23ClOSi. The van der Waals surface area contributed by atoms with Crippen LogP contribution in [0.15, 0.2) is 11.8 Å². The third-order valence-corrected chi connectivity index (χ3v) is 9.31. The number of hydrogen-bond acceptors (Lipinski definition) is 1. The summed E-state index contributed by atoms with van der Waals surface area (Å²) in [5.41, 5.74) is 0. The maximum Gasteiger partial charge on any atom is 0.250 e. The van der Waals surface area contributed by atoms with Crippen molar-refractivity contribution >= 4 is 19.9 Å². The molecule has 0 aromatic carbocycles. The van der Waals surface area contributed by atoms with Gasteiger partial charge in [-0.3, -0.25) is 0 Å². The van der Waals surface area contributed by atoms with E-state index in [4.69, 9.17) is 16.0 Å². The topological polar surface area (TPSA) is 9.23 Å². The highest BCUT2D eigenvalue weighted by Gasteiger charge is 2.46. The molecule has 2 aliphatic rings. The predicted molar refractivity (Wildman–Crippen MR) is 72.2 cm³/mol. The molecule has 3 heteroatoms. The van der Waals surface area contributed by atoms with Crippen molar-refractivity contribution in [1.29, 1.82) is 0 Å². The summed E-state index contributed by atoms with van der Waals surface area (Å²) in [4.78, 5) is 0. The average Bonchev–Trinajstić information content (AvgIpc) is 2.58. The summed E-state index contributed by atoms with van der Waals surface area (Å²) in [6, 6.07) is 0. The molecule has 2 bridgehead atoms. The predicted octanol–water partition coefficient (Wildman–Crippen LogP) is 4.54. The van der Waals surface area contributed by atoms with Crippen LogP contribution in [0.5, 0.6) is 0 Å². The van der Waals surface area contributed by atoms with Gasteiger partial charge in [0.05, 0.1) is 5.76 Å². The second-order valence-corrected chi connectivity index (χ2v) is 12.1. The Kier molecular flexibility index (Phi) is 2.95. The minimum Gasteiger partial charge on any atom is -0.546 e. The third kappa shape index (κ3) is 2.06. The van der Waals surface area contributed by atoms with E-state index in [0.717, 1.165) is 6.42 Å². The number of rotatable bonds is 2. The zero-order valence-electron chi connectivity index (χ0n) is 11.0. The number of hydrogen-bond donors (Lipinski definition) is 0. The van der Waals surface area contributed by atoms with Gasteiger partial charge in [-0.2, -0.15) is 0 Å². The van der Waals surface area contributed by atoms with Gasteiger partial charge in [-0.25, -0.2) is 0 Å². The van der Waals surface area contributed by atoms with Crippen LogP contribution in [-0.4, -0.2) is 13.7 Å². The van der Waals surface area contributed by atoms with Gasteiger partial charge < -0.3 is 4.43 Å². The molecule has 1 nitrogen and oxygen atoms in total. The molecule has 0 aromatic rings. The molecule has 0 heterocycles. The molecule has 1 fully saturated rings. The van der Waals surface area contributed by atoms with Crippen LogP contribution in [0, 0.1) is 11.8 Å². The molecule has 16 heavy (non-hydrogen) atoms. The van der Waals surface area contributed by atoms with Crippen molar-refractivity contribution in [2.45, 2.75) is 57.1 Å². The third-order valence-electron chi connectivity index (χ3n) is 4.47. The maximum atomic E-state index is 6.38. The Morgan fingerprint density at radius 3 is 2.38 bits per heavy atom. The van der Waals surface area contributed by atoms with Gasteiger partial charge in [-0.15, -0.1) is 11.6 Å². The van der Waals surface area contributed by atoms with E-state index in [1.54, 1.807) is 0 Å². The van der Waals surface area contributed by atoms with Crippen LogP contribution in [0.25, 0.3) is 0 Å². The van der Waals surface area contributed by atoms with Crippen molar-refractivity contribution in [3.63, 3.8) is 0 Å². The molecule has 0 radical (unpaired) electrons. The van der Waals surface area contributed by atoms with Gasteiger partial charge in [-0.05, 0) is 43.0 Å². The summed E-state index contributed by atoms with van der Waals surface area (Å²) < 4.78 is 6.38. The number of fused-ring (bicyclic) bond motifs is 2. The van der Waals surface area contributed by atoms with Crippen molar-refractivity contribution in [1.82, 2.24) is 0 Å². The minimum absolute atomic E-state index is 0.275. The highest BCUT2D eigenvalue weighted by atomic mass is 35.5. The summed E-state index contributed by atoms with van der Waals surface area (Å²) in [6.45, 7) is 11.5. The molecule has 0 amide bonds. The quantitative estimate of drug-likeness (QED) is 0.522. The van der Waals surface area contributed by atoms with E-state index in [1.165, 1.54) is 12.2 Å².